The third kappa shape index (κ3) is 5.89. The van der Waals surface area contributed by atoms with Gasteiger partial charge in [0.2, 0.25) is 0 Å². The minimum absolute atomic E-state index is 0.355. The fraction of sp³-hybridized carbons (Fsp3) is 0.455. The summed E-state index contributed by atoms with van der Waals surface area (Å²) in [6.45, 7) is -2.24. The minimum Gasteiger partial charge on any atom is -0.398 e. The van der Waals surface area contributed by atoms with Crippen LogP contribution in [0.5, 0.6) is 0 Å². The van der Waals surface area contributed by atoms with Crippen molar-refractivity contribution in [2.45, 2.75) is 61.1 Å². The lowest BCUT2D eigenvalue weighted by Crippen LogP contribution is -2.63. The minimum atomic E-state index is -7.02. The summed E-state index contributed by atoms with van der Waals surface area (Å²) in [5, 5.41) is 0. The fourth-order valence-corrected chi connectivity index (χ4v) is 4.40. The third-order valence-corrected chi connectivity index (χ3v) is 6.55. The highest BCUT2D eigenvalue weighted by molar-refractivity contribution is 5.66. The van der Waals surface area contributed by atoms with Gasteiger partial charge in [0.1, 0.15) is 0 Å². The van der Waals surface area contributed by atoms with E-state index in [1.165, 1.54) is 0 Å². The summed E-state index contributed by atoms with van der Waals surface area (Å²) in [6.07, 6.45) is -42.1. The second-order valence-electron chi connectivity index (χ2n) is 9.25. The summed E-state index contributed by atoms with van der Waals surface area (Å²) in [5.41, 5.74) is -2.92. The van der Waals surface area contributed by atoms with Crippen molar-refractivity contribution in [2.75, 3.05) is 22.9 Å². The lowest BCUT2D eigenvalue weighted by Gasteiger charge is -2.39. The Morgan fingerprint density at radius 1 is 0.378 bits per heavy atom. The fourth-order valence-electron chi connectivity index (χ4n) is 4.40. The highest BCUT2D eigenvalue weighted by Gasteiger charge is 2.85. The smallest absolute Gasteiger partial charge is 0.398 e. The molecular formula is C22H16F18N4O. The number of rotatable bonds is 6. The van der Waals surface area contributed by atoms with Crippen molar-refractivity contribution in [3.8, 4) is 0 Å². The predicted octanol–water partition coefficient (Wildman–Crippen LogP) is 7.58. The number of nitrogen functional groups attached to an aromatic ring is 4. The molecule has 0 aromatic heterocycles. The van der Waals surface area contributed by atoms with Crippen LogP contribution >= 0.6 is 0 Å². The Morgan fingerprint density at radius 3 is 0.711 bits per heavy atom. The number of anilines is 4. The second-order valence-corrected chi connectivity index (χ2v) is 9.25. The van der Waals surface area contributed by atoms with Crippen molar-refractivity contribution in [1.29, 1.82) is 0 Å². The number of benzene rings is 2. The van der Waals surface area contributed by atoms with Gasteiger partial charge in [0.25, 0.3) is 10.8 Å². The van der Waals surface area contributed by atoms with Gasteiger partial charge >= 0.3 is 37.1 Å². The van der Waals surface area contributed by atoms with Crippen LogP contribution in [0.2, 0.25) is 0 Å². The average molecular weight is 694 g/mol. The van der Waals surface area contributed by atoms with E-state index in [-0.39, 0.29) is 24.3 Å². The van der Waals surface area contributed by atoms with Crippen LogP contribution in [-0.4, -0.2) is 37.1 Å². The molecule has 23 heteroatoms. The number of ether oxygens (including phenoxy) is 1. The maximum Gasteiger partial charge on any atom is 0.416 e. The molecule has 5 nitrogen and oxygen atoms in total. The Balaban J connectivity index is 2.55. The summed E-state index contributed by atoms with van der Waals surface area (Å²) in [7, 11) is 0. The van der Waals surface area contributed by atoms with Crippen molar-refractivity contribution < 1.29 is 83.8 Å². The lowest BCUT2D eigenvalue weighted by atomic mass is 9.77. The van der Waals surface area contributed by atoms with E-state index >= 15 is 0 Å². The maximum atomic E-state index is 13.4. The molecule has 0 aliphatic heterocycles. The second kappa shape index (κ2) is 11.0. The first-order valence-electron chi connectivity index (χ1n) is 11.2. The molecule has 0 unspecified atom stereocenters. The van der Waals surface area contributed by atoms with Crippen molar-refractivity contribution >= 4 is 22.7 Å². The molecule has 0 heterocycles. The molecule has 45 heavy (non-hydrogen) atoms. The van der Waals surface area contributed by atoms with Gasteiger partial charge in [0.15, 0.2) is 0 Å². The highest BCUT2D eigenvalue weighted by Crippen LogP contribution is 2.62. The van der Waals surface area contributed by atoms with Crippen LogP contribution in [0.3, 0.4) is 0 Å². The molecule has 2 rings (SSSR count). The largest absolute Gasteiger partial charge is 0.416 e. The molecule has 8 N–H and O–H groups in total. The van der Waals surface area contributed by atoms with Crippen LogP contribution in [0.15, 0.2) is 24.3 Å². The maximum absolute atomic E-state index is 13.4. The molecule has 0 bridgehead atoms. The van der Waals surface area contributed by atoms with E-state index in [0.717, 1.165) is 0 Å². The van der Waals surface area contributed by atoms with E-state index in [1.54, 1.807) is 0 Å². The molecule has 2 aromatic carbocycles. The Labute approximate surface area is 238 Å². The Morgan fingerprint density at radius 2 is 0.556 bits per heavy atom. The topological polar surface area (TPSA) is 113 Å². The summed E-state index contributed by atoms with van der Waals surface area (Å²) in [6, 6.07) is -1.42. The zero-order chi connectivity index (χ0) is 35.6. The molecule has 0 spiro atoms. The first-order chi connectivity index (χ1) is 19.8. The van der Waals surface area contributed by atoms with Crippen LogP contribution < -0.4 is 22.9 Å². The van der Waals surface area contributed by atoms with Crippen LogP contribution in [0, 0.1) is 0 Å². The number of halogens is 18. The first kappa shape index (κ1) is 37.5. The molecule has 256 valence electrons. The molecular weight excluding hydrogens is 678 g/mol. The average Bonchev–Trinajstić information content (AvgIpc) is 2.71. The SMILES string of the molecule is Nc1cc(C(C(F)(F)F)(C(F)(F)F)C(F)(F)F)cc(N)c1COCc1c(N)cc(C(C(F)(F)F)(C(F)(F)F)C(F)(F)F)cc1N. The summed E-state index contributed by atoms with van der Waals surface area (Å²) in [5.74, 6) is 0. The number of hydrogen-bond acceptors (Lipinski definition) is 5. The van der Waals surface area contributed by atoms with Gasteiger partial charge in [0, 0.05) is 33.9 Å². The molecule has 2 aromatic rings. The number of alkyl halides is 18. The van der Waals surface area contributed by atoms with Crippen molar-refractivity contribution in [3.63, 3.8) is 0 Å². The molecule has 0 saturated carbocycles. The molecule has 0 radical (unpaired) electrons. The molecule has 0 fully saturated rings. The first-order valence-corrected chi connectivity index (χ1v) is 11.2. The van der Waals surface area contributed by atoms with Gasteiger partial charge in [0.05, 0.1) is 13.2 Å². The molecule has 0 aliphatic rings. The van der Waals surface area contributed by atoms with Gasteiger partial charge in [-0.3, -0.25) is 0 Å². The third-order valence-electron chi connectivity index (χ3n) is 6.55. The van der Waals surface area contributed by atoms with E-state index in [9.17, 15) is 79.0 Å². The van der Waals surface area contributed by atoms with E-state index in [2.05, 4.69) is 0 Å². The zero-order valence-electron chi connectivity index (χ0n) is 21.2. The summed E-state index contributed by atoms with van der Waals surface area (Å²) >= 11 is 0. The van der Waals surface area contributed by atoms with Gasteiger partial charge in [-0.15, -0.1) is 0 Å². The molecule has 0 aliphatic carbocycles. The van der Waals surface area contributed by atoms with Crippen molar-refractivity contribution in [1.82, 2.24) is 0 Å². The Kier molecular flexibility index (Phi) is 9.17. The van der Waals surface area contributed by atoms with E-state index < -0.39 is 106 Å². The summed E-state index contributed by atoms with van der Waals surface area (Å²) in [4.78, 5) is 0. The monoisotopic (exact) mass is 694 g/mol. The van der Waals surface area contributed by atoms with Crippen LogP contribution in [0.4, 0.5) is 102 Å². The molecule has 0 atom stereocenters. The van der Waals surface area contributed by atoms with Crippen LogP contribution in [0.25, 0.3) is 0 Å². The van der Waals surface area contributed by atoms with Gasteiger partial charge in [-0.2, -0.15) is 79.0 Å². The van der Waals surface area contributed by atoms with Crippen molar-refractivity contribution in [3.05, 3.63) is 46.5 Å². The van der Waals surface area contributed by atoms with E-state index in [4.69, 9.17) is 27.7 Å². The quantitative estimate of drug-likeness (QED) is 0.184. The normalized spacial score (nSPS) is 14.6. The number of hydrogen-bond donors (Lipinski definition) is 4. The van der Waals surface area contributed by atoms with Gasteiger partial charge < -0.3 is 27.7 Å². The van der Waals surface area contributed by atoms with Crippen LogP contribution in [-0.2, 0) is 28.8 Å². The zero-order valence-corrected chi connectivity index (χ0v) is 21.2. The van der Waals surface area contributed by atoms with Crippen molar-refractivity contribution in [2.24, 2.45) is 0 Å². The Bertz CT molecular complexity index is 1180. The van der Waals surface area contributed by atoms with Gasteiger partial charge in [-0.25, -0.2) is 0 Å². The molecule has 0 saturated heterocycles. The van der Waals surface area contributed by atoms with Crippen LogP contribution in [0.1, 0.15) is 22.3 Å². The Hall–Kier alpha value is -3.66. The molecule has 0 amide bonds. The predicted molar refractivity (Wildman–Crippen MR) is 119 cm³/mol. The van der Waals surface area contributed by atoms with E-state index in [0.29, 0.717) is 0 Å². The lowest BCUT2D eigenvalue weighted by molar-refractivity contribution is -0.389. The summed E-state index contributed by atoms with van der Waals surface area (Å²) < 4.78 is 247. The number of nitrogens with two attached hydrogens (primary N) is 4. The standard InChI is InChI=1S/C22H16F18N4O/c23-17(24,25)15(18(26,27)28,19(29,30)31)7-1-11(41)9(12(42)2-7)5-45-6-10-13(43)3-8(4-14(10)44)16(20(32,33)34,21(35,36)37)22(38,39)40/h1-4H,5-6,41-44H2. The van der Waals surface area contributed by atoms with Gasteiger partial charge in [-0.1, -0.05) is 0 Å². The van der Waals surface area contributed by atoms with E-state index in [1.807, 2.05) is 0 Å². The van der Waals surface area contributed by atoms with Gasteiger partial charge in [-0.05, 0) is 35.4 Å². The highest BCUT2D eigenvalue weighted by atomic mass is 19.4.